The minimum atomic E-state index is -0.590. The Morgan fingerprint density at radius 2 is 1.44 bits per heavy atom. The number of methoxy groups -OCH3 is 1. The summed E-state index contributed by atoms with van der Waals surface area (Å²) < 4.78 is 37.3. The Labute approximate surface area is 212 Å². The van der Waals surface area contributed by atoms with Gasteiger partial charge in [-0.15, -0.1) is 0 Å². The molecule has 0 aliphatic carbocycles. The van der Waals surface area contributed by atoms with Crippen molar-refractivity contribution < 1.29 is 28.4 Å². The van der Waals surface area contributed by atoms with E-state index >= 15 is 0 Å². The smallest absolute Gasteiger partial charge is 0.188 e. The molecule has 2 aliphatic rings. The van der Waals surface area contributed by atoms with E-state index in [1.165, 1.54) is 0 Å². The first-order chi connectivity index (χ1) is 17.8. The largest absolute Gasteiger partial charge is 0.496 e. The summed E-state index contributed by atoms with van der Waals surface area (Å²) in [6.07, 6.45) is -2.18. The van der Waals surface area contributed by atoms with E-state index in [0.717, 1.165) is 16.7 Å². The maximum Gasteiger partial charge on any atom is 0.188 e. The molecule has 3 aromatic carbocycles. The number of para-hydroxylation sites is 1. The zero-order valence-corrected chi connectivity index (χ0v) is 20.6. The van der Waals surface area contributed by atoms with Gasteiger partial charge in [-0.3, -0.25) is 0 Å². The summed E-state index contributed by atoms with van der Waals surface area (Å²) in [5.74, 6) is 0.716. The molecular formula is C29H33NO6. The molecule has 6 atom stereocenters. The number of rotatable bonds is 9. The SMILES string of the molecule is CN[C@H]1[C@@H](OCc2ccccc2)O[C@@H]2CO[C@@H](c3ccccc3OC)O[C@H]2[C@@H]1OCc1ccccc1. The number of likely N-dealkylation sites (N-methyl/N-ethyl adjacent to an activating group) is 1. The fraction of sp³-hybridized carbons (Fsp3) is 0.379. The molecule has 2 fully saturated rings. The molecule has 7 heteroatoms. The quantitative estimate of drug-likeness (QED) is 0.481. The van der Waals surface area contributed by atoms with E-state index in [0.29, 0.717) is 25.6 Å². The highest BCUT2D eigenvalue weighted by Gasteiger charge is 2.51. The number of benzene rings is 3. The average molecular weight is 492 g/mol. The molecule has 1 N–H and O–H groups in total. The van der Waals surface area contributed by atoms with Crippen LogP contribution in [0.25, 0.3) is 0 Å². The summed E-state index contributed by atoms with van der Waals surface area (Å²) >= 11 is 0. The molecule has 2 heterocycles. The number of fused-ring (bicyclic) bond motifs is 1. The van der Waals surface area contributed by atoms with Gasteiger partial charge in [-0.25, -0.2) is 0 Å². The average Bonchev–Trinajstić information content (AvgIpc) is 2.95. The van der Waals surface area contributed by atoms with E-state index in [1.807, 2.05) is 79.8 Å². The second-order valence-corrected chi connectivity index (χ2v) is 8.92. The minimum Gasteiger partial charge on any atom is -0.496 e. The lowest BCUT2D eigenvalue weighted by Crippen LogP contribution is -2.66. The minimum absolute atomic E-state index is 0.255. The maximum atomic E-state index is 6.53. The summed E-state index contributed by atoms with van der Waals surface area (Å²) in [6, 6.07) is 27.7. The van der Waals surface area contributed by atoms with Gasteiger partial charge in [-0.05, 0) is 24.2 Å². The van der Waals surface area contributed by atoms with E-state index in [9.17, 15) is 0 Å². The van der Waals surface area contributed by atoms with Crippen LogP contribution >= 0.6 is 0 Å². The Hall–Kier alpha value is -2.78. The van der Waals surface area contributed by atoms with Crippen LogP contribution in [0.2, 0.25) is 0 Å². The molecular weight excluding hydrogens is 458 g/mol. The highest BCUT2D eigenvalue weighted by Crippen LogP contribution is 2.38. The lowest BCUT2D eigenvalue weighted by atomic mass is 9.95. The Kier molecular flexibility index (Phi) is 8.28. The van der Waals surface area contributed by atoms with E-state index in [1.54, 1.807) is 7.11 Å². The summed E-state index contributed by atoms with van der Waals surface area (Å²) in [7, 11) is 3.54. The molecule has 2 aliphatic heterocycles. The number of hydrogen-bond donors (Lipinski definition) is 1. The molecule has 5 rings (SSSR count). The second kappa shape index (κ2) is 12.0. The van der Waals surface area contributed by atoms with Crippen molar-refractivity contribution in [3.8, 4) is 5.75 Å². The van der Waals surface area contributed by atoms with E-state index in [4.69, 9.17) is 28.4 Å². The predicted molar refractivity (Wildman–Crippen MR) is 134 cm³/mol. The van der Waals surface area contributed by atoms with Gasteiger partial charge < -0.3 is 33.7 Å². The normalized spacial score (nSPS) is 27.8. The highest BCUT2D eigenvalue weighted by molar-refractivity contribution is 5.34. The standard InChI is InChI=1S/C29H33NO6/c1-30-25-27(32-17-20-11-5-3-6-12-20)26-24(35-29(25)33-18-21-13-7-4-8-14-21)19-34-28(36-26)22-15-9-10-16-23(22)31-2/h3-16,24-30H,17-19H2,1-2H3/t24-,25-,26-,27-,28-,29+/m1/s1. The van der Waals surface area contributed by atoms with Gasteiger partial charge in [0.1, 0.15) is 24.1 Å². The zero-order chi connectivity index (χ0) is 24.7. The van der Waals surface area contributed by atoms with Crippen molar-refractivity contribution in [2.75, 3.05) is 20.8 Å². The van der Waals surface area contributed by atoms with Gasteiger partial charge in [0.05, 0.1) is 33.0 Å². The summed E-state index contributed by atoms with van der Waals surface area (Å²) in [5.41, 5.74) is 3.00. The molecule has 190 valence electrons. The topological polar surface area (TPSA) is 67.4 Å². The van der Waals surface area contributed by atoms with Crippen LogP contribution in [0.1, 0.15) is 23.0 Å². The van der Waals surface area contributed by atoms with Gasteiger partial charge in [-0.2, -0.15) is 0 Å². The van der Waals surface area contributed by atoms with Crippen molar-refractivity contribution in [2.24, 2.45) is 0 Å². The van der Waals surface area contributed by atoms with Crippen LogP contribution in [0, 0.1) is 0 Å². The summed E-state index contributed by atoms with van der Waals surface area (Å²) in [6.45, 7) is 1.22. The van der Waals surface area contributed by atoms with E-state index in [2.05, 4.69) is 17.4 Å². The van der Waals surface area contributed by atoms with Crippen LogP contribution < -0.4 is 10.1 Å². The van der Waals surface area contributed by atoms with Crippen LogP contribution in [-0.4, -0.2) is 51.4 Å². The van der Waals surface area contributed by atoms with Crippen molar-refractivity contribution in [3.05, 3.63) is 102 Å². The van der Waals surface area contributed by atoms with Crippen molar-refractivity contribution in [1.29, 1.82) is 0 Å². The first-order valence-corrected chi connectivity index (χ1v) is 12.3. The van der Waals surface area contributed by atoms with Gasteiger partial charge in [0.2, 0.25) is 0 Å². The van der Waals surface area contributed by atoms with Gasteiger partial charge in [0.15, 0.2) is 12.6 Å². The summed E-state index contributed by atoms with van der Waals surface area (Å²) in [5, 5.41) is 3.37. The number of nitrogens with one attached hydrogen (secondary N) is 1. The molecule has 0 amide bonds. The zero-order valence-electron chi connectivity index (χ0n) is 20.6. The number of hydrogen-bond acceptors (Lipinski definition) is 7. The molecule has 0 aromatic heterocycles. The van der Waals surface area contributed by atoms with Crippen LogP contribution in [-0.2, 0) is 36.9 Å². The molecule has 2 saturated heterocycles. The molecule has 0 bridgehead atoms. The van der Waals surface area contributed by atoms with Crippen LogP contribution in [0.15, 0.2) is 84.9 Å². The van der Waals surface area contributed by atoms with Crippen molar-refractivity contribution in [1.82, 2.24) is 5.32 Å². The highest BCUT2D eigenvalue weighted by atomic mass is 16.8. The van der Waals surface area contributed by atoms with Gasteiger partial charge in [0, 0.05) is 5.56 Å². The van der Waals surface area contributed by atoms with Crippen molar-refractivity contribution in [2.45, 2.75) is 50.1 Å². The third kappa shape index (κ3) is 5.62. The van der Waals surface area contributed by atoms with Crippen LogP contribution in [0.4, 0.5) is 0 Å². The van der Waals surface area contributed by atoms with Crippen molar-refractivity contribution in [3.63, 3.8) is 0 Å². The molecule has 0 saturated carbocycles. The molecule has 7 nitrogen and oxygen atoms in total. The first-order valence-electron chi connectivity index (χ1n) is 12.3. The Morgan fingerprint density at radius 1 is 0.806 bits per heavy atom. The summed E-state index contributed by atoms with van der Waals surface area (Å²) in [4.78, 5) is 0. The fourth-order valence-electron chi connectivity index (χ4n) is 4.75. The Morgan fingerprint density at radius 3 is 2.11 bits per heavy atom. The Bertz CT molecular complexity index is 1080. The lowest BCUT2D eigenvalue weighted by Gasteiger charge is -2.49. The molecule has 0 unspecified atom stereocenters. The monoisotopic (exact) mass is 491 g/mol. The van der Waals surface area contributed by atoms with Crippen LogP contribution in [0.5, 0.6) is 5.75 Å². The molecule has 0 spiro atoms. The third-order valence-corrected chi connectivity index (χ3v) is 6.61. The Balaban J connectivity index is 1.37. The van der Waals surface area contributed by atoms with Gasteiger partial charge >= 0.3 is 0 Å². The second-order valence-electron chi connectivity index (χ2n) is 8.92. The molecule has 36 heavy (non-hydrogen) atoms. The van der Waals surface area contributed by atoms with Crippen molar-refractivity contribution >= 4 is 0 Å². The molecule has 3 aromatic rings. The number of ether oxygens (including phenoxy) is 6. The predicted octanol–water partition coefficient (Wildman–Crippen LogP) is 4.22. The van der Waals surface area contributed by atoms with Gasteiger partial charge in [-0.1, -0.05) is 78.9 Å². The van der Waals surface area contributed by atoms with Crippen LogP contribution in [0.3, 0.4) is 0 Å². The first kappa shape index (κ1) is 24.9. The van der Waals surface area contributed by atoms with E-state index < -0.39 is 12.6 Å². The van der Waals surface area contributed by atoms with E-state index in [-0.39, 0.29) is 24.4 Å². The van der Waals surface area contributed by atoms with Gasteiger partial charge in [0.25, 0.3) is 0 Å². The third-order valence-electron chi connectivity index (χ3n) is 6.61. The fourth-order valence-corrected chi connectivity index (χ4v) is 4.75. The maximum absolute atomic E-state index is 6.53. The lowest BCUT2D eigenvalue weighted by molar-refractivity contribution is -0.351. The molecule has 0 radical (unpaired) electrons.